The largest absolute Gasteiger partial charge is 0.494 e. The molecule has 38 heavy (non-hydrogen) atoms. The number of carbonyl (C=O) groups is 2. The molecule has 3 rings (SSSR count). The van der Waals surface area contributed by atoms with Gasteiger partial charge in [0.2, 0.25) is 0 Å². The maximum atomic E-state index is 12.6. The van der Waals surface area contributed by atoms with Crippen molar-refractivity contribution in [2.24, 2.45) is 5.10 Å². The molecule has 0 aromatic heterocycles. The molecule has 0 fully saturated rings. The molecular formula is C30H34N2O6. The first-order valence-electron chi connectivity index (χ1n) is 12.7. The molecule has 0 aliphatic rings. The van der Waals surface area contributed by atoms with Crippen molar-refractivity contribution in [1.82, 2.24) is 5.43 Å². The summed E-state index contributed by atoms with van der Waals surface area (Å²) in [7, 11) is 0. The van der Waals surface area contributed by atoms with Gasteiger partial charge in [0.15, 0.2) is 18.1 Å². The highest BCUT2D eigenvalue weighted by molar-refractivity contribution is 5.92. The Morgan fingerprint density at radius 2 is 1.55 bits per heavy atom. The van der Waals surface area contributed by atoms with Gasteiger partial charge < -0.3 is 18.9 Å². The van der Waals surface area contributed by atoms with Gasteiger partial charge in [0.05, 0.1) is 25.0 Å². The predicted molar refractivity (Wildman–Crippen MR) is 147 cm³/mol. The smallest absolute Gasteiger partial charge is 0.343 e. The van der Waals surface area contributed by atoms with Gasteiger partial charge in [0.1, 0.15) is 11.5 Å². The van der Waals surface area contributed by atoms with Crippen molar-refractivity contribution >= 4 is 18.1 Å². The number of hydrazone groups is 1. The highest BCUT2D eigenvalue weighted by Gasteiger charge is 2.14. The normalized spacial score (nSPS) is 10.9. The SMILES string of the molecule is CCCOc1ccc(C(=O)Oc2ccc(/C=N\NC(=O)COc3ccc(C(C)C)cc3)cc2OCC)cc1. The van der Waals surface area contributed by atoms with E-state index in [0.717, 1.165) is 6.42 Å². The molecule has 0 radical (unpaired) electrons. The van der Waals surface area contributed by atoms with Crippen LogP contribution in [0, 0.1) is 0 Å². The fraction of sp³-hybridized carbons (Fsp3) is 0.300. The quantitative estimate of drug-likeness (QED) is 0.134. The zero-order valence-electron chi connectivity index (χ0n) is 22.2. The van der Waals surface area contributed by atoms with Crippen LogP contribution in [0.4, 0.5) is 0 Å². The van der Waals surface area contributed by atoms with Crippen molar-refractivity contribution < 1.29 is 28.5 Å². The molecule has 1 amide bonds. The Labute approximate surface area is 223 Å². The minimum atomic E-state index is -0.513. The number of amides is 1. The van der Waals surface area contributed by atoms with Crippen molar-refractivity contribution in [2.75, 3.05) is 19.8 Å². The van der Waals surface area contributed by atoms with Gasteiger partial charge in [-0.3, -0.25) is 4.79 Å². The number of nitrogens with one attached hydrogen (secondary N) is 1. The van der Waals surface area contributed by atoms with Crippen LogP contribution in [0.3, 0.4) is 0 Å². The minimum absolute atomic E-state index is 0.164. The molecule has 1 N–H and O–H groups in total. The van der Waals surface area contributed by atoms with Crippen LogP contribution in [0.2, 0.25) is 0 Å². The first-order chi connectivity index (χ1) is 18.4. The summed E-state index contributed by atoms with van der Waals surface area (Å²) >= 11 is 0. The maximum Gasteiger partial charge on any atom is 0.343 e. The molecule has 3 aromatic rings. The molecule has 0 spiro atoms. The average Bonchev–Trinajstić information content (AvgIpc) is 2.92. The highest BCUT2D eigenvalue weighted by atomic mass is 16.6. The summed E-state index contributed by atoms with van der Waals surface area (Å²) < 4.78 is 22.3. The van der Waals surface area contributed by atoms with Gasteiger partial charge in [0.25, 0.3) is 5.91 Å². The standard InChI is InChI=1S/C30H34N2O6/c1-5-17-36-25-14-10-24(11-15-25)30(34)38-27-16-7-22(18-28(27)35-6-2)19-31-32-29(33)20-37-26-12-8-23(9-13-26)21(3)4/h7-16,18-19,21H,5-6,17,20H2,1-4H3,(H,32,33)/b31-19-. The molecule has 0 atom stereocenters. The zero-order chi connectivity index (χ0) is 27.3. The molecule has 8 heteroatoms. The third-order valence-corrected chi connectivity index (χ3v) is 5.35. The van der Waals surface area contributed by atoms with Gasteiger partial charge >= 0.3 is 5.97 Å². The van der Waals surface area contributed by atoms with E-state index in [0.29, 0.717) is 47.5 Å². The minimum Gasteiger partial charge on any atom is -0.494 e. The van der Waals surface area contributed by atoms with Gasteiger partial charge in [-0.1, -0.05) is 32.9 Å². The fourth-order valence-electron chi connectivity index (χ4n) is 3.33. The Hall–Kier alpha value is -4.33. The summed E-state index contributed by atoms with van der Waals surface area (Å²) in [5, 5.41) is 3.98. The Kier molecular flexibility index (Phi) is 10.7. The molecule has 0 saturated heterocycles. The van der Waals surface area contributed by atoms with Gasteiger partial charge in [-0.15, -0.1) is 0 Å². The molecule has 0 aliphatic heterocycles. The van der Waals surface area contributed by atoms with E-state index in [1.165, 1.54) is 11.8 Å². The second-order valence-electron chi connectivity index (χ2n) is 8.71. The number of nitrogens with zero attached hydrogens (tertiary/aromatic N) is 1. The van der Waals surface area contributed by atoms with Crippen LogP contribution in [0.5, 0.6) is 23.0 Å². The molecule has 0 heterocycles. The molecule has 0 unspecified atom stereocenters. The van der Waals surface area contributed by atoms with E-state index in [4.69, 9.17) is 18.9 Å². The number of rotatable bonds is 13. The summed E-state index contributed by atoms with van der Waals surface area (Å²) in [4.78, 5) is 24.7. The van der Waals surface area contributed by atoms with E-state index >= 15 is 0 Å². The predicted octanol–water partition coefficient (Wildman–Crippen LogP) is 5.75. The van der Waals surface area contributed by atoms with Crippen LogP contribution >= 0.6 is 0 Å². The Morgan fingerprint density at radius 1 is 0.868 bits per heavy atom. The van der Waals surface area contributed by atoms with Crippen molar-refractivity contribution in [3.05, 3.63) is 83.4 Å². The number of esters is 1. The molecular weight excluding hydrogens is 484 g/mol. The van der Waals surface area contributed by atoms with Crippen LogP contribution in [0.1, 0.15) is 61.5 Å². The molecule has 0 saturated carbocycles. The second kappa shape index (κ2) is 14.4. The van der Waals surface area contributed by atoms with Crippen LogP contribution in [-0.2, 0) is 4.79 Å². The zero-order valence-corrected chi connectivity index (χ0v) is 22.2. The third kappa shape index (κ3) is 8.65. The Morgan fingerprint density at radius 3 is 2.21 bits per heavy atom. The summed E-state index contributed by atoms with van der Waals surface area (Å²) in [5.74, 6) is 1.49. The lowest BCUT2D eigenvalue weighted by atomic mass is 10.0. The lowest BCUT2D eigenvalue weighted by Gasteiger charge is -2.12. The monoisotopic (exact) mass is 518 g/mol. The van der Waals surface area contributed by atoms with E-state index in [2.05, 4.69) is 24.4 Å². The topological polar surface area (TPSA) is 95.5 Å². The first kappa shape index (κ1) is 28.2. The van der Waals surface area contributed by atoms with Gasteiger partial charge in [-0.25, -0.2) is 10.2 Å². The van der Waals surface area contributed by atoms with Crippen molar-refractivity contribution in [3.63, 3.8) is 0 Å². The van der Waals surface area contributed by atoms with Crippen LogP contribution in [-0.4, -0.2) is 37.9 Å². The third-order valence-electron chi connectivity index (χ3n) is 5.35. The van der Waals surface area contributed by atoms with E-state index in [1.54, 1.807) is 42.5 Å². The van der Waals surface area contributed by atoms with Crippen molar-refractivity contribution in [1.29, 1.82) is 0 Å². The van der Waals surface area contributed by atoms with Gasteiger partial charge in [-0.2, -0.15) is 5.10 Å². The van der Waals surface area contributed by atoms with Crippen molar-refractivity contribution in [3.8, 4) is 23.0 Å². The number of hydrogen-bond acceptors (Lipinski definition) is 7. The summed E-state index contributed by atoms with van der Waals surface area (Å²) in [5.41, 5.74) is 4.68. The number of benzene rings is 3. The maximum absolute atomic E-state index is 12.6. The van der Waals surface area contributed by atoms with Crippen molar-refractivity contribution in [2.45, 2.75) is 40.0 Å². The summed E-state index contributed by atoms with van der Waals surface area (Å²) in [6, 6.07) is 19.4. The highest BCUT2D eigenvalue weighted by Crippen LogP contribution is 2.29. The van der Waals surface area contributed by atoms with E-state index in [-0.39, 0.29) is 12.4 Å². The number of hydrogen-bond donors (Lipinski definition) is 1. The number of ether oxygens (including phenoxy) is 4. The molecule has 200 valence electrons. The Bertz CT molecular complexity index is 1220. The molecule has 0 aliphatic carbocycles. The Balaban J connectivity index is 1.55. The van der Waals surface area contributed by atoms with Crippen LogP contribution in [0.25, 0.3) is 0 Å². The van der Waals surface area contributed by atoms with E-state index < -0.39 is 11.9 Å². The van der Waals surface area contributed by atoms with E-state index in [9.17, 15) is 9.59 Å². The lowest BCUT2D eigenvalue weighted by molar-refractivity contribution is -0.123. The molecule has 0 bridgehead atoms. The summed E-state index contributed by atoms with van der Waals surface area (Å²) in [6.07, 6.45) is 2.37. The van der Waals surface area contributed by atoms with Crippen LogP contribution in [0.15, 0.2) is 71.8 Å². The lowest BCUT2D eigenvalue weighted by Crippen LogP contribution is -2.24. The molecule has 8 nitrogen and oxygen atoms in total. The first-order valence-corrected chi connectivity index (χ1v) is 12.7. The summed E-state index contributed by atoms with van der Waals surface area (Å²) in [6.45, 7) is 8.91. The second-order valence-corrected chi connectivity index (χ2v) is 8.71. The number of carbonyl (C=O) groups excluding carboxylic acids is 2. The molecule has 3 aromatic carbocycles. The van der Waals surface area contributed by atoms with Gasteiger partial charge in [-0.05, 0) is 85.0 Å². The van der Waals surface area contributed by atoms with Crippen LogP contribution < -0.4 is 24.4 Å². The fourth-order valence-corrected chi connectivity index (χ4v) is 3.33. The van der Waals surface area contributed by atoms with E-state index in [1.807, 2.05) is 38.1 Å². The average molecular weight is 519 g/mol. The van der Waals surface area contributed by atoms with Gasteiger partial charge in [0, 0.05) is 0 Å².